The lowest BCUT2D eigenvalue weighted by Crippen LogP contribution is -2.37. The minimum absolute atomic E-state index is 0.0981. The molecule has 0 unspecified atom stereocenters. The van der Waals surface area contributed by atoms with Gasteiger partial charge in [0.15, 0.2) is 0 Å². The Morgan fingerprint density at radius 3 is 2.44 bits per heavy atom. The van der Waals surface area contributed by atoms with Gasteiger partial charge in [0.1, 0.15) is 0 Å². The molecule has 8 heteroatoms. The number of aliphatic hydroxyl groups is 1. The van der Waals surface area contributed by atoms with E-state index < -0.39 is 29.6 Å². The van der Waals surface area contributed by atoms with Gasteiger partial charge in [-0.25, -0.2) is 17.2 Å². The SMILES string of the molecule is O=S(=O)(c1ccccc1Br)N(CCO)CC(F)F. The molecular formula is C10H12BrF2NO3S. The van der Waals surface area contributed by atoms with Gasteiger partial charge in [0.05, 0.1) is 18.0 Å². The van der Waals surface area contributed by atoms with E-state index in [-0.39, 0.29) is 11.4 Å². The van der Waals surface area contributed by atoms with Gasteiger partial charge < -0.3 is 5.11 Å². The molecule has 0 amide bonds. The first-order valence-electron chi connectivity index (χ1n) is 5.03. The van der Waals surface area contributed by atoms with Crippen molar-refractivity contribution < 1.29 is 22.3 Å². The highest BCUT2D eigenvalue weighted by atomic mass is 79.9. The smallest absolute Gasteiger partial charge is 0.252 e. The molecule has 1 aromatic carbocycles. The summed E-state index contributed by atoms with van der Waals surface area (Å²) in [7, 11) is -4.04. The van der Waals surface area contributed by atoms with Gasteiger partial charge in [-0.05, 0) is 28.1 Å². The van der Waals surface area contributed by atoms with Crippen LogP contribution in [0.25, 0.3) is 0 Å². The number of benzene rings is 1. The van der Waals surface area contributed by atoms with E-state index in [1.807, 2.05) is 0 Å². The minimum atomic E-state index is -4.04. The summed E-state index contributed by atoms with van der Waals surface area (Å²) in [6, 6.07) is 5.94. The maximum absolute atomic E-state index is 12.4. The summed E-state index contributed by atoms with van der Waals surface area (Å²) in [5.74, 6) is 0. The van der Waals surface area contributed by atoms with Crippen LogP contribution < -0.4 is 0 Å². The zero-order chi connectivity index (χ0) is 13.8. The summed E-state index contributed by atoms with van der Waals surface area (Å²) in [5, 5.41) is 8.77. The van der Waals surface area contributed by atoms with E-state index in [2.05, 4.69) is 15.9 Å². The summed E-state index contributed by atoms with van der Waals surface area (Å²) in [4.78, 5) is -0.0981. The molecule has 0 aliphatic rings. The molecule has 18 heavy (non-hydrogen) atoms. The highest BCUT2D eigenvalue weighted by molar-refractivity contribution is 9.10. The molecule has 0 aliphatic carbocycles. The third-order valence-corrected chi connectivity index (χ3v) is 5.02. The number of aliphatic hydroxyl groups excluding tert-OH is 1. The Kier molecular flexibility index (Phi) is 5.64. The monoisotopic (exact) mass is 343 g/mol. The Balaban J connectivity index is 3.13. The van der Waals surface area contributed by atoms with E-state index in [0.717, 1.165) is 0 Å². The van der Waals surface area contributed by atoms with Crippen LogP contribution in [-0.4, -0.2) is 44.0 Å². The third kappa shape index (κ3) is 3.71. The predicted octanol–water partition coefficient (Wildman–Crippen LogP) is 1.70. The molecule has 0 aromatic heterocycles. The summed E-state index contributed by atoms with van der Waals surface area (Å²) in [6.07, 6.45) is -2.80. The number of hydrogen-bond donors (Lipinski definition) is 1. The number of hydrogen-bond acceptors (Lipinski definition) is 3. The van der Waals surface area contributed by atoms with Crippen molar-refractivity contribution in [3.8, 4) is 0 Å². The standard InChI is InChI=1S/C10H12BrF2NO3S/c11-8-3-1-2-4-9(8)18(16,17)14(5-6-15)7-10(12)13/h1-4,10,15H,5-7H2. The summed E-state index contributed by atoms with van der Waals surface area (Å²) in [5.41, 5.74) is 0. The maximum Gasteiger partial charge on any atom is 0.252 e. The fourth-order valence-corrected chi connectivity index (χ4v) is 3.74. The number of rotatable bonds is 6. The second-order valence-corrected chi connectivity index (χ2v) is 6.17. The van der Waals surface area contributed by atoms with Crippen LogP contribution in [0.4, 0.5) is 8.78 Å². The fraction of sp³-hybridized carbons (Fsp3) is 0.400. The van der Waals surface area contributed by atoms with Crippen LogP contribution in [0.15, 0.2) is 33.6 Å². The normalized spacial score (nSPS) is 12.3. The van der Waals surface area contributed by atoms with E-state index in [9.17, 15) is 17.2 Å². The Morgan fingerprint density at radius 2 is 1.94 bits per heavy atom. The fourth-order valence-electron chi connectivity index (χ4n) is 1.37. The zero-order valence-electron chi connectivity index (χ0n) is 9.26. The molecule has 102 valence electrons. The largest absolute Gasteiger partial charge is 0.395 e. The van der Waals surface area contributed by atoms with Gasteiger partial charge in [-0.3, -0.25) is 0 Å². The van der Waals surface area contributed by atoms with Gasteiger partial charge in [0, 0.05) is 11.0 Å². The first-order chi connectivity index (χ1) is 8.39. The quantitative estimate of drug-likeness (QED) is 0.855. The topological polar surface area (TPSA) is 57.6 Å². The summed E-state index contributed by atoms with van der Waals surface area (Å²) >= 11 is 3.06. The van der Waals surface area contributed by atoms with Crippen LogP contribution in [0.5, 0.6) is 0 Å². The van der Waals surface area contributed by atoms with Gasteiger partial charge >= 0.3 is 0 Å². The lowest BCUT2D eigenvalue weighted by Gasteiger charge is -2.21. The van der Waals surface area contributed by atoms with Gasteiger partial charge in [-0.1, -0.05) is 12.1 Å². The third-order valence-electron chi connectivity index (χ3n) is 2.15. The molecule has 4 nitrogen and oxygen atoms in total. The van der Waals surface area contributed by atoms with Crippen LogP contribution in [0.1, 0.15) is 0 Å². The van der Waals surface area contributed by atoms with Crippen molar-refractivity contribution in [3.05, 3.63) is 28.7 Å². The molecule has 0 aliphatic heterocycles. The number of sulfonamides is 1. The highest BCUT2D eigenvalue weighted by Gasteiger charge is 2.28. The minimum Gasteiger partial charge on any atom is -0.395 e. The average Bonchev–Trinajstić information content (AvgIpc) is 2.28. The summed E-state index contributed by atoms with van der Waals surface area (Å²) < 4.78 is 49.8. The van der Waals surface area contributed by atoms with Crippen LogP contribution in [-0.2, 0) is 10.0 Å². The van der Waals surface area contributed by atoms with Crippen molar-refractivity contribution in [2.24, 2.45) is 0 Å². The van der Waals surface area contributed by atoms with Crippen LogP contribution in [0.2, 0.25) is 0 Å². The molecule has 1 N–H and O–H groups in total. The first kappa shape index (κ1) is 15.5. The molecule has 0 spiro atoms. The summed E-state index contributed by atoms with van der Waals surface area (Å²) in [6.45, 7) is -1.82. The number of alkyl halides is 2. The maximum atomic E-state index is 12.4. The van der Waals surface area contributed by atoms with Crippen molar-refractivity contribution in [1.82, 2.24) is 4.31 Å². The Bertz CT molecular complexity index is 496. The van der Waals surface area contributed by atoms with Crippen molar-refractivity contribution in [2.45, 2.75) is 11.3 Å². The van der Waals surface area contributed by atoms with Gasteiger partial charge in [-0.2, -0.15) is 4.31 Å². The number of halogens is 3. The molecule has 0 bridgehead atoms. The molecule has 1 rings (SSSR count). The molecule has 0 heterocycles. The number of nitrogens with zero attached hydrogens (tertiary/aromatic N) is 1. The van der Waals surface area contributed by atoms with E-state index in [4.69, 9.17) is 5.11 Å². The van der Waals surface area contributed by atoms with Crippen LogP contribution in [0, 0.1) is 0 Å². The molecule has 1 aromatic rings. The van der Waals surface area contributed by atoms with Gasteiger partial charge in [0.2, 0.25) is 10.0 Å². The Morgan fingerprint density at radius 1 is 1.33 bits per heavy atom. The lowest BCUT2D eigenvalue weighted by molar-refractivity contribution is 0.113. The molecule has 0 fully saturated rings. The van der Waals surface area contributed by atoms with Crippen LogP contribution in [0.3, 0.4) is 0 Å². The van der Waals surface area contributed by atoms with Crippen molar-refractivity contribution in [1.29, 1.82) is 0 Å². The molecule has 0 saturated heterocycles. The van der Waals surface area contributed by atoms with E-state index >= 15 is 0 Å². The Labute approximate surface area is 112 Å². The Hall–Kier alpha value is -0.570. The predicted molar refractivity (Wildman–Crippen MR) is 66.0 cm³/mol. The molecule has 0 radical (unpaired) electrons. The highest BCUT2D eigenvalue weighted by Crippen LogP contribution is 2.24. The van der Waals surface area contributed by atoms with E-state index in [1.54, 1.807) is 6.07 Å². The molecule has 0 atom stereocenters. The second-order valence-electron chi connectivity index (χ2n) is 3.41. The van der Waals surface area contributed by atoms with Crippen molar-refractivity contribution in [2.75, 3.05) is 19.7 Å². The van der Waals surface area contributed by atoms with E-state index in [1.165, 1.54) is 18.2 Å². The zero-order valence-corrected chi connectivity index (χ0v) is 11.7. The second kappa shape index (κ2) is 6.55. The first-order valence-corrected chi connectivity index (χ1v) is 7.26. The van der Waals surface area contributed by atoms with Gasteiger partial charge in [-0.15, -0.1) is 0 Å². The van der Waals surface area contributed by atoms with Crippen LogP contribution >= 0.6 is 15.9 Å². The van der Waals surface area contributed by atoms with Crippen molar-refractivity contribution in [3.63, 3.8) is 0 Å². The van der Waals surface area contributed by atoms with Gasteiger partial charge in [0.25, 0.3) is 6.43 Å². The van der Waals surface area contributed by atoms with E-state index in [0.29, 0.717) is 8.78 Å². The van der Waals surface area contributed by atoms with Crippen molar-refractivity contribution >= 4 is 26.0 Å². The average molecular weight is 344 g/mol. The lowest BCUT2D eigenvalue weighted by atomic mass is 10.4. The molecule has 0 saturated carbocycles. The molecular weight excluding hydrogens is 332 g/mol.